The van der Waals surface area contributed by atoms with Crippen LogP contribution in [-0.4, -0.2) is 32.6 Å². The molecular weight excluding hydrogens is 286 g/mol. The van der Waals surface area contributed by atoms with E-state index < -0.39 is 14.9 Å². The van der Waals surface area contributed by atoms with E-state index >= 15 is 0 Å². The number of ether oxygens (including phenoxy) is 1. The summed E-state index contributed by atoms with van der Waals surface area (Å²) >= 11 is 0. The molecule has 20 heavy (non-hydrogen) atoms. The number of hydrogen-bond acceptors (Lipinski definition) is 6. The van der Waals surface area contributed by atoms with Gasteiger partial charge in [0.2, 0.25) is 10.0 Å². The van der Waals surface area contributed by atoms with Crippen LogP contribution in [0.4, 0.5) is 11.4 Å². The molecule has 1 aromatic carbocycles. The average Bonchev–Trinajstić information content (AvgIpc) is 2.33. The van der Waals surface area contributed by atoms with Crippen molar-refractivity contribution < 1.29 is 18.1 Å². The van der Waals surface area contributed by atoms with Crippen LogP contribution < -0.4 is 10.5 Å². The molecule has 0 saturated heterocycles. The molecule has 0 heterocycles. The second kappa shape index (κ2) is 5.35. The van der Waals surface area contributed by atoms with Gasteiger partial charge in [-0.3, -0.25) is 10.1 Å². The zero-order chi connectivity index (χ0) is 14.9. The molecule has 8 nitrogen and oxygen atoms in total. The zero-order valence-electron chi connectivity index (χ0n) is 10.8. The normalized spacial score (nSPS) is 22.2. The number of rotatable bonds is 5. The van der Waals surface area contributed by atoms with Gasteiger partial charge in [0.05, 0.1) is 16.7 Å². The molecule has 0 atom stereocenters. The van der Waals surface area contributed by atoms with Gasteiger partial charge in [0.25, 0.3) is 5.69 Å². The third-order valence-electron chi connectivity index (χ3n) is 3.25. The fraction of sp³-hybridized carbons (Fsp3) is 0.455. The number of methoxy groups -OCH3 is 1. The van der Waals surface area contributed by atoms with E-state index in [0.717, 1.165) is 6.07 Å². The minimum atomic E-state index is -3.87. The number of nitro benzene ring substituents is 1. The van der Waals surface area contributed by atoms with Crippen LogP contribution in [0.3, 0.4) is 0 Å². The highest BCUT2D eigenvalue weighted by Crippen LogP contribution is 2.28. The number of non-ortho nitro benzene ring substituents is 1. The van der Waals surface area contributed by atoms with Crippen LogP contribution in [-0.2, 0) is 14.8 Å². The van der Waals surface area contributed by atoms with Gasteiger partial charge in [0, 0.05) is 25.3 Å². The van der Waals surface area contributed by atoms with Crippen molar-refractivity contribution in [1.29, 1.82) is 0 Å². The summed E-state index contributed by atoms with van der Waals surface area (Å²) in [5.74, 6) is 0. The maximum atomic E-state index is 12.2. The third-order valence-corrected chi connectivity index (χ3v) is 4.82. The molecule has 110 valence electrons. The van der Waals surface area contributed by atoms with Gasteiger partial charge in [-0.1, -0.05) is 0 Å². The van der Waals surface area contributed by atoms with E-state index in [1.807, 2.05) is 0 Å². The standard InChI is InChI=1S/C11H15N3O5S/c1-19-9-4-7(5-9)13-20(17,18)11-6-8(14(15)16)2-3-10(11)12/h2-3,6-7,9,13H,4-5,12H2,1H3. The van der Waals surface area contributed by atoms with E-state index in [-0.39, 0.29) is 28.4 Å². The molecule has 0 spiro atoms. The van der Waals surface area contributed by atoms with Gasteiger partial charge in [-0.15, -0.1) is 0 Å². The van der Waals surface area contributed by atoms with Gasteiger partial charge in [0.15, 0.2) is 0 Å². The van der Waals surface area contributed by atoms with Crippen molar-refractivity contribution in [3.63, 3.8) is 0 Å². The van der Waals surface area contributed by atoms with Gasteiger partial charge in [-0.2, -0.15) is 0 Å². The van der Waals surface area contributed by atoms with Gasteiger partial charge in [0.1, 0.15) is 4.90 Å². The first kappa shape index (κ1) is 14.7. The molecule has 1 aliphatic rings. The number of sulfonamides is 1. The smallest absolute Gasteiger partial charge is 0.270 e. The fourth-order valence-corrected chi connectivity index (χ4v) is 3.42. The number of nitrogens with one attached hydrogen (secondary N) is 1. The molecule has 1 aromatic rings. The van der Waals surface area contributed by atoms with E-state index in [1.165, 1.54) is 12.1 Å². The molecule has 0 aromatic heterocycles. The Hall–Kier alpha value is -1.71. The number of nitrogens with zero attached hydrogens (tertiary/aromatic N) is 1. The minimum Gasteiger partial charge on any atom is -0.398 e. The fourth-order valence-electron chi connectivity index (χ4n) is 2.01. The summed E-state index contributed by atoms with van der Waals surface area (Å²) in [6.45, 7) is 0. The van der Waals surface area contributed by atoms with Crippen molar-refractivity contribution in [2.75, 3.05) is 12.8 Å². The summed E-state index contributed by atoms with van der Waals surface area (Å²) in [5, 5.41) is 10.7. The van der Waals surface area contributed by atoms with E-state index in [0.29, 0.717) is 12.8 Å². The number of anilines is 1. The molecule has 0 radical (unpaired) electrons. The highest BCUT2D eigenvalue weighted by Gasteiger charge is 2.33. The van der Waals surface area contributed by atoms with E-state index in [1.54, 1.807) is 7.11 Å². The van der Waals surface area contributed by atoms with Gasteiger partial charge < -0.3 is 10.5 Å². The molecule has 1 saturated carbocycles. The SMILES string of the molecule is COC1CC(NS(=O)(=O)c2cc([N+](=O)[O-])ccc2N)C1. The van der Waals surface area contributed by atoms with Crippen molar-refractivity contribution in [2.24, 2.45) is 0 Å². The number of nitro groups is 1. The minimum absolute atomic E-state index is 0.0225. The molecule has 1 fully saturated rings. The average molecular weight is 301 g/mol. The van der Waals surface area contributed by atoms with Crippen molar-refractivity contribution >= 4 is 21.4 Å². The second-order valence-corrected chi connectivity index (χ2v) is 6.31. The molecule has 1 aliphatic carbocycles. The summed E-state index contributed by atoms with van der Waals surface area (Å²) < 4.78 is 31.9. The Morgan fingerprint density at radius 3 is 2.65 bits per heavy atom. The van der Waals surface area contributed by atoms with E-state index in [2.05, 4.69) is 4.72 Å². The predicted octanol–water partition coefficient (Wildman–Crippen LogP) is 0.633. The Labute approximate surface area is 116 Å². The predicted molar refractivity (Wildman–Crippen MR) is 71.6 cm³/mol. The summed E-state index contributed by atoms with van der Waals surface area (Å²) in [6, 6.07) is 3.11. The maximum absolute atomic E-state index is 12.2. The molecule has 0 aliphatic heterocycles. The lowest BCUT2D eigenvalue weighted by atomic mass is 9.90. The summed E-state index contributed by atoms with van der Waals surface area (Å²) in [7, 11) is -2.31. The summed E-state index contributed by atoms with van der Waals surface area (Å²) in [4.78, 5) is 9.76. The Kier molecular flexibility index (Phi) is 3.93. The van der Waals surface area contributed by atoms with Crippen LogP contribution in [0.2, 0.25) is 0 Å². The molecule has 3 N–H and O–H groups in total. The van der Waals surface area contributed by atoms with Crippen molar-refractivity contribution in [1.82, 2.24) is 4.72 Å². The number of hydrogen-bond donors (Lipinski definition) is 2. The third kappa shape index (κ3) is 2.89. The van der Waals surface area contributed by atoms with Crippen LogP contribution in [0, 0.1) is 10.1 Å². The largest absolute Gasteiger partial charge is 0.398 e. The first-order valence-electron chi connectivity index (χ1n) is 5.92. The van der Waals surface area contributed by atoms with E-state index in [9.17, 15) is 18.5 Å². The molecular formula is C11H15N3O5S. The van der Waals surface area contributed by atoms with Crippen LogP contribution in [0.1, 0.15) is 12.8 Å². The highest BCUT2D eigenvalue weighted by molar-refractivity contribution is 7.89. The quantitative estimate of drug-likeness (QED) is 0.467. The lowest BCUT2D eigenvalue weighted by Gasteiger charge is -2.34. The van der Waals surface area contributed by atoms with Crippen molar-refractivity contribution in [3.8, 4) is 0 Å². The molecule has 0 amide bonds. The Morgan fingerprint density at radius 1 is 1.45 bits per heavy atom. The lowest BCUT2D eigenvalue weighted by molar-refractivity contribution is -0.385. The first-order chi connectivity index (χ1) is 9.33. The number of nitrogen functional groups attached to an aromatic ring is 1. The first-order valence-corrected chi connectivity index (χ1v) is 7.41. The Bertz CT molecular complexity index is 625. The Morgan fingerprint density at radius 2 is 2.10 bits per heavy atom. The van der Waals surface area contributed by atoms with Crippen LogP contribution in [0.5, 0.6) is 0 Å². The van der Waals surface area contributed by atoms with Crippen LogP contribution in [0.25, 0.3) is 0 Å². The van der Waals surface area contributed by atoms with Crippen molar-refractivity contribution in [2.45, 2.75) is 29.9 Å². The van der Waals surface area contributed by atoms with Gasteiger partial charge >= 0.3 is 0 Å². The van der Waals surface area contributed by atoms with Gasteiger partial charge in [-0.25, -0.2) is 13.1 Å². The molecule has 0 bridgehead atoms. The molecule has 9 heteroatoms. The van der Waals surface area contributed by atoms with Gasteiger partial charge in [-0.05, 0) is 18.9 Å². The number of nitrogens with two attached hydrogens (primary N) is 1. The summed E-state index contributed by atoms with van der Waals surface area (Å²) in [6.07, 6.45) is 1.19. The topological polar surface area (TPSA) is 125 Å². The van der Waals surface area contributed by atoms with Crippen LogP contribution in [0.15, 0.2) is 23.1 Å². The Balaban J connectivity index is 2.21. The lowest BCUT2D eigenvalue weighted by Crippen LogP contribution is -2.47. The summed E-state index contributed by atoms with van der Waals surface area (Å²) in [5.41, 5.74) is 5.26. The van der Waals surface area contributed by atoms with E-state index in [4.69, 9.17) is 10.5 Å². The molecule has 2 rings (SSSR count). The zero-order valence-corrected chi connectivity index (χ0v) is 11.6. The monoisotopic (exact) mass is 301 g/mol. The molecule has 0 unspecified atom stereocenters. The highest BCUT2D eigenvalue weighted by atomic mass is 32.2. The van der Waals surface area contributed by atoms with Crippen molar-refractivity contribution in [3.05, 3.63) is 28.3 Å². The van der Waals surface area contributed by atoms with Crippen LogP contribution >= 0.6 is 0 Å². The second-order valence-electron chi connectivity index (χ2n) is 4.63. The number of benzene rings is 1. The maximum Gasteiger partial charge on any atom is 0.270 e.